The Hall–Kier alpha value is -6.03. The molecular weight excluding hydrogens is 520 g/mol. The Morgan fingerprint density at radius 2 is 1.29 bits per heavy atom. The maximum Gasteiger partial charge on any atom is 0.172 e. The summed E-state index contributed by atoms with van der Waals surface area (Å²) in [5, 5.41) is 39.2. The highest BCUT2D eigenvalue weighted by atomic mass is 16.5. The quantitative estimate of drug-likeness (QED) is 0.243. The fourth-order valence-electron chi connectivity index (χ4n) is 4.92. The van der Waals surface area contributed by atoms with Crippen molar-refractivity contribution in [1.29, 1.82) is 15.8 Å². The second kappa shape index (κ2) is 11.6. The highest BCUT2D eigenvalue weighted by Crippen LogP contribution is 2.41. The zero-order valence-corrected chi connectivity index (χ0v) is 23.1. The van der Waals surface area contributed by atoms with E-state index in [1.807, 2.05) is 54.6 Å². The molecule has 0 aliphatic carbocycles. The van der Waals surface area contributed by atoms with Crippen molar-refractivity contribution >= 4 is 23.1 Å². The fraction of sp³-hybridized carbons (Fsp3) is 0.0833. The first-order chi connectivity index (χ1) is 20.4. The number of nitrogens with zero attached hydrogens (tertiary/aromatic N) is 4. The van der Waals surface area contributed by atoms with Crippen molar-refractivity contribution in [2.24, 2.45) is 0 Å². The van der Waals surface area contributed by atoms with Crippen LogP contribution in [0.2, 0.25) is 0 Å². The Balaban J connectivity index is 1.44. The van der Waals surface area contributed by atoms with Gasteiger partial charge in [0.25, 0.3) is 0 Å². The average Bonchev–Trinajstić information content (AvgIpc) is 3.27. The van der Waals surface area contributed by atoms with Crippen LogP contribution < -0.4 is 4.90 Å². The van der Waals surface area contributed by atoms with E-state index in [1.165, 1.54) is 0 Å². The normalized spacial score (nSPS) is 13.6. The molecule has 4 aromatic carbocycles. The van der Waals surface area contributed by atoms with Gasteiger partial charge in [-0.25, -0.2) is 0 Å². The molecule has 6 heteroatoms. The molecule has 0 spiro atoms. The van der Waals surface area contributed by atoms with Gasteiger partial charge in [0.1, 0.15) is 35.1 Å². The Kier molecular flexibility index (Phi) is 7.61. The standard InChI is InChI=1S/C36H26N4O2/c1-36(2)33(32(24-39)35(42-36)28(22-37)23-38)20-17-26-13-14-27(21-34(26)41)25-15-18-31(19-16-25)40(29-9-5-3-6-10-29)30-11-7-4-8-12-30/h3-21,41H,1-2H3. The van der Waals surface area contributed by atoms with Crippen LogP contribution in [-0.4, -0.2) is 10.7 Å². The first kappa shape index (κ1) is 27.5. The number of phenolic OH excluding ortho intramolecular Hbond substituents is 1. The summed E-state index contributed by atoms with van der Waals surface area (Å²) in [5.74, 6) is 0.0534. The molecule has 202 valence electrons. The highest BCUT2D eigenvalue weighted by molar-refractivity contribution is 5.79. The number of benzene rings is 4. The predicted molar refractivity (Wildman–Crippen MR) is 163 cm³/mol. The molecule has 6 nitrogen and oxygen atoms in total. The second-order valence-corrected chi connectivity index (χ2v) is 10.1. The lowest BCUT2D eigenvalue weighted by Crippen LogP contribution is -2.20. The van der Waals surface area contributed by atoms with Crippen LogP contribution in [0.25, 0.3) is 17.2 Å². The third-order valence-corrected chi connectivity index (χ3v) is 7.01. The minimum Gasteiger partial charge on any atom is -0.507 e. The van der Waals surface area contributed by atoms with E-state index in [1.54, 1.807) is 50.3 Å². The smallest absolute Gasteiger partial charge is 0.172 e. The summed E-state index contributed by atoms with van der Waals surface area (Å²) >= 11 is 0. The lowest BCUT2D eigenvalue weighted by atomic mass is 9.94. The molecular formula is C36H26N4O2. The number of para-hydroxylation sites is 2. The summed E-state index contributed by atoms with van der Waals surface area (Å²) in [6.45, 7) is 3.51. The average molecular weight is 547 g/mol. The van der Waals surface area contributed by atoms with E-state index in [9.17, 15) is 20.9 Å². The molecule has 5 rings (SSSR count). The summed E-state index contributed by atoms with van der Waals surface area (Å²) in [6, 6.07) is 39.6. The minimum atomic E-state index is -0.930. The first-order valence-corrected chi connectivity index (χ1v) is 13.3. The topological polar surface area (TPSA) is 104 Å². The van der Waals surface area contributed by atoms with Crippen LogP contribution in [0.3, 0.4) is 0 Å². The number of hydrogen-bond acceptors (Lipinski definition) is 6. The lowest BCUT2D eigenvalue weighted by molar-refractivity contribution is 0.0954. The van der Waals surface area contributed by atoms with Gasteiger partial charge in [-0.2, -0.15) is 15.8 Å². The molecule has 0 amide bonds. The van der Waals surface area contributed by atoms with E-state index in [0.29, 0.717) is 11.1 Å². The van der Waals surface area contributed by atoms with Gasteiger partial charge in [0.15, 0.2) is 11.3 Å². The van der Waals surface area contributed by atoms with Gasteiger partial charge in [-0.1, -0.05) is 72.8 Å². The molecule has 0 radical (unpaired) electrons. The summed E-state index contributed by atoms with van der Waals surface area (Å²) < 4.78 is 5.81. The minimum absolute atomic E-state index is 0.0201. The van der Waals surface area contributed by atoms with Crippen LogP contribution >= 0.6 is 0 Å². The molecule has 1 aliphatic heterocycles. The van der Waals surface area contributed by atoms with Crippen molar-refractivity contribution in [2.75, 3.05) is 4.90 Å². The molecule has 4 aromatic rings. The van der Waals surface area contributed by atoms with E-state index < -0.39 is 5.60 Å². The summed E-state index contributed by atoms with van der Waals surface area (Å²) in [4.78, 5) is 2.18. The van der Waals surface area contributed by atoms with Gasteiger partial charge in [0.05, 0.1) is 0 Å². The zero-order valence-electron chi connectivity index (χ0n) is 23.1. The number of aromatic hydroxyl groups is 1. The molecule has 0 unspecified atom stereocenters. The Morgan fingerprint density at radius 1 is 0.738 bits per heavy atom. The van der Waals surface area contributed by atoms with Crippen LogP contribution in [0, 0.1) is 34.0 Å². The summed E-state index contributed by atoms with van der Waals surface area (Å²) in [5.41, 5.74) is 4.92. The number of phenols is 1. The van der Waals surface area contributed by atoms with Gasteiger partial charge in [0, 0.05) is 28.2 Å². The van der Waals surface area contributed by atoms with Crippen LogP contribution in [0.5, 0.6) is 5.75 Å². The summed E-state index contributed by atoms with van der Waals surface area (Å²) in [7, 11) is 0. The number of nitriles is 3. The Morgan fingerprint density at radius 3 is 1.81 bits per heavy atom. The van der Waals surface area contributed by atoms with Gasteiger partial charge in [-0.05, 0) is 67.4 Å². The van der Waals surface area contributed by atoms with E-state index in [-0.39, 0.29) is 22.7 Å². The van der Waals surface area contributed by atoms with Crippen LogP contribution in [0.15, 0.2) is 132 Å². The van der Waals surface area contributed by atoms with Crippen molar-refractivity contribution in [3.63, 3.8) is 0 Å². The molecule has 1 heterocycles. The fourth-order valence-corrected chi connectivity index (χ4v) is 4.92. The van der Waals surface area contributed by atoms with E-state index in [2.05, 4.69) is 47.4 Å². The van der Waals surface area contributed by atoms with E-state index in [4.69, 9.17) is 4.74 Å². The highest BCUT2D eigenvalue weighted by Gasteiger charge is 2.38. The number of rotatable bonds is 6. The maximum absolute atomic E-state index is 10.9. The third kappa shape index (κ3) is 5.36. The third-order valence-electron chi connectivity index (χ3n) is 7.01. The molecule has 0 aromatic heterocycles. The monoisotopic (exact) mass is 546 g/mol. The van der Waals surface area contributed by atoms with Gasteiger partial charge >= 0.3 is 0 Å². The van der Waals surface area contributed by atoms with Crippen LogP contribution in [0.4, 0.5) is 17.1 Å². The van der Waals surface area contributed by atoms with Gasteiger partial charge in [-0.15, -0.1) is 0 Å². The zero-order chi connectivity index (χ0) is 29.7. The number of ether oxygens (including phenoxy) is 1. The Bertz CT molecular complexity index is 1790. The van der Waals surface area contributed by atoms with Gasteiger partial charge in [0.2, 0.25) is 0 Å². The van der Waals surface area contributed by atoms with E-state index in [0.717, 1.165) is 28.2 Å². The molecule has 0 fully saturated rings. The number of hydrogen-bond donors (Lipinski definition) is 1. The molecule has 1 N–H and O–H groups in total. The van der Waals surface area contributed by atoms with Crippen molar-refractivity contribution in [3.8, 4) is 35.1 Å². The van der Waals surface area contributed by atoms with Gasteiger partial charge < -0.3 is 14.7 Å². The number of anilines is 3. The van der Waals surface area contributed by atoms with Crippen molar-refractivity contribution in [1.82, 2.24) is 0 Å². The predicted octanol–water partition coefficient (Wildman–Crippen LogP) is 8.47. The largest absolute Gasteiger partial charge is 0.507 e. The first-order valence-electron chi connectivity index (χ1n) is 13.3. The Labute approximate surface area is 245 Å². The summed E-state index contributed by atoms with van der Waals surface area (Å²) in [6.07, 6.45) is 3.38. The van der Waals surface area contributed by atoms with E-state index >= 15 is 0 Å². The molecule has 1 aliphatic rings. The molecule has 0 saturated carbocycles. The molecule has 0 bridgehead atoms. The molecule has 0 atom stereocenters. The number of allylic oxidation sites excluding steroid dienone is 2. The van der Waals surface area contributed by atoms with Crippen LogP contribution in [-0.2, 0) is 4.74 Å². The SMILES string of the molecule is CC1(C)OC(=C(C#N)C#N)C(C#N)=C1C=Cc1ccc(-c2ccc(N(c3ccccc3)c3ccccc3)cc2)cc1O. The van der Waals surface area contributed by atoms with Crippen LogP contribution in [0.1, 0.15) is 19.4 Å². The second-order valence-electron chi connectivity index (χ2n) is 10.1. The van der Waals surface area contributed by atoms with Crippen molar-refractivity contribution in [3.05, 3.63) is 137 Å². The molecule has 42 heavy (non-hydrogen) atoms. The maximum atomic E-state index is 10.9. The van der Waals surface area contributed by atoms with Crippen molar-refractivity contribution in [2.45, 2.75) is 19.4 Å². The van der Waals surface area contributed by atoms with Gasteiger partial charge in [-0.3, -0.25) is 0 Å². The van der Waals surface area contributed by atoms with Crippen molar-refractivity contribution < 1.29 is 9.84 Å². The molecule has 0 saturated heterocycles. The lowest BCUT2D eigenvalue weighted by Gasteiger charge is -2.25.